The maximum Gasteiger partial charge on any atom is 0.232 e. The molecule has 0 atom stereocenters. The van der Waals surface area contributed by atoms with Gasteiger partial charge in [-0.1, -0.05) is 0 Å². The van der Waals surface area contributed by atoms with Crippen LogP contribution in [0.3, 0.4) is 0 Å². The van der Waals surface area contributed by atoms with Crippen molar-refractivity contribution in [2.24, 2.45) is 0 Å². The first-order valence-electron chi connectivity index (χ1n) is 3.43. The molecule has 1 aromatic rings. The van der Waals surface area contributed by atoms with Crippen molar-refractivity contribution < 1.29 is 4.74 Å². The van der Waals surface area contributed by atoms with Gasteiger partial charge in [0.15, 0.2) is 4.73 Å². The van der Waals surface area contributed by atoms with Gasteiger partial charge in [-0.3, -0.25) is 0 Å². The van der Waals surface area contributed by atoms with Gasteiger partial charge < -0.3 is 9.30 Å². The molecule has 0 N–H and O–H groups in total. The lowest BCUT2D eigenvalue weighted by atomic mass is 10.4. The van der Waals surface area contributed by atoms with Crippen LogP contribution < -0.4 is 4.74 Å². The summed E-state index contributed by atoms with van der Waals surface area (Å²) < 4.78 is 7.77. The average molecular weight is 219 g/mol. The fourth-order valence-electron chi connectivity index (χ4n) is 0.810. The lowest BCUT2D eigenvalue weighted by molar-refractivity contribution is 0.398. The van der Waals surface area contributed by atoms with E-state index in [4.69, 9.17) is 4.74 Å². The van der Waals surface area contributed by atoms with Crippen LogP contribution in [0.5, 0.6) is 5.88 Å². The van der Waals surface area contributed by atoms with Crippen LogP contribution in [-0.4, -0.2) is 16.7 Å². The number of halogens is 1. The highest BCUT2D eigenvalue weighted by Crippen LogP contribution is 2.19. The molecule has 0 aliphatic carbocycles. The molecule has 0 aliphatic rings. The van der Waals surface area contributed by atoms with E-state index < -0.39 is 0 Å². The summed E-state index contributed by atoms with van der Waals surface area (Å²) in [5.41, 5.74) is 0. The second-order valence-electron chi connectivity index (χ2n) is 2.55. The Morgan fingerprint density at radius 3 is 2.55 bits per heavy atom. The minimum absolute atomic E-state index is 0.403. The summed E-state index contributed by atoms with van der Waals surface area (Å²) in [5.74, 6) is 0.644. The molecule has 0 spiro atoms. The van der Waals surface area contributed by atoms with Crippen molar-refractivity contribution in [3.63, 3.8) is 0 Å². The zero-order valence-corrected chi connectivity index (χ0v) is 8.42. The molecule has 62 valence electrons. The fourth-order valence-corrected chi connectivity index (χ4v) is 1.50. The second-order valence-corrected chi connectivity index (χ2v) is 3.26. The van der Waals surface area contributed by atoms with Crippen molar-refractivity contribution in [1.29, 1.82) is 0 Å². The Bertz CT molecular complexity index is 245. The molecule has 1 rings (SSSR count). The number of imidazole rings is 1. The van der Waals surface area contributed by atoms with E-state index in [0.717, 1.165) is 4.73 Å². The highest BCUT2D eigenvalue weighted by Gasteiger charge is 2.06. The van der Waals surface area contributed by atoms with Gasteiger partial charge in [-0.2, -0.15) is 4.98 Å². The zero-order valence-electron chi connectivity index (χ0n) is 6.84. The minimum atomic E-state index is 0.403. The van der Waals surface area contributed by atoms with Gasteiger partial charge in [0.2, 0.25) is 5.88 Å². The predicted octanol–water partition coefficient (Wildman–Crippen LogP) is 2.24. The van der Waals surface area contributed by atoms with Crippen LogP contribution >= 0.6 is 15.9 Å². The van der Waals surface area contributed by atoms with Crippen LogP contribution in [0.15, 0.2) is 10.9 Å². The first-order chi connectivity index (χ1) is 5.15. The summed E-state index contributed by atoms with van der Waals surface area (Å²) in [4.78, 5) is 4.11. The summed E-state index contributed by atoms with van der Waals surface area (Å²) in [6.45, 7) is 4.18. The molecule has 0 saturated heterocycles. The Balaban J connectivity index is 2.97. The SMILES string of the molecule is COc1cn(C(C)C)c(Br)n1. The van der Waals surface area contributed by atoms with Crippen molar-refractivity contribution >= 4 is 15.9 Å². The summed E-state index contributed by atoms with van der Waals surface area (Å²) in [5, 5.41) is 0. The number of aromatic nitrogens is 2. The molecule has 0 saturated carbocycles. The smallest absolute Gasteiger partial charge is 0.232 e. The standard InChI is InChI=1S/C7H11BrN2O/c1-5(2)10-4-6(11-3)9-7(10)8/h4-5H,1-3H3. The number of methoxy groups -OCH3 is 1. The highest BCUT2D eigenvalue weighted by atomic mass is 79.9. The van der Waals surface area contributed by atoms with Crippen LogP contribution in [-0.2, 0) is 0 Å². The fraction of sp³-hybridized carbons (Fsp3) is 0.571. The summed E-state index contributed by atoms with van der Waals surface area (Å²) in [7, 11) is 1.61. The van der Waals surface area contributed by atoms with Gasteiger partial charge in [0.05, 0.1) is 13.3 Å². The van der Waals surface area contributed by atoms with E-state index >= 15 is 0 Å². The van der Waals surface area contributed by atoms with Gasteiger partial charge in [-0.05, 0) is 29.8 Å². The van der Waals surface area contributed by atoms with Crippen molar-refractivity contribution in [2.75, 3.05) is 7.11 Å². The number of hydrogen-bond donors (Lipinski definition) is 0. The first kappa shape index (κ1) is 8.59. The molecule has 0 amide bonds. The van der Waals surface area contributed by atoms with Gasteiger partial charge in [-0.25, -0.2) is 0 Å². The molecule has 0 unspecified atom stereocenters. The van der Waals surface area contributed by atoms with Gasteiger partial charge in [0, 0.05) is 6.04 Å². The first-order valence-corrected chi connectivity index (χ1v) is 4.22. The molecular weight excluding hydrogens is 208 g/mol. The summed E-state index contributed by atoms with van der Waals surface area (Å²) in [6, 6.07) is 0.403. The Morgan fingerprint density at radius 2 is 2.27 bits per heavy atom. The van der Waals surface area contributed by atoms with E-state index in [9.17, 15) is 0 Å². The minimum Gasteiger partial charge on any atom is -0.480 e. The van der Waals surface area contributed by atoms with Gasteiger partial charge >= 0.3 is 0 Å². The summed E-state index contributed by atoms with van der Waals surface area (Å²) >= 11 is 3.33. The molecule has 0 fully saturated rings. The Hall–Kier alpha value is -0.510. The molecule has 0 aliphatic heterocycles. The van der Waals surface area contributed by atoms with Crippen molar-refractivity contribution in [1.82, 2.24) is 9.55 Å². The molecule has 1 heterocycles. The van der Waals surface area contributed by atoms with Crippen LogP contribution in [0, 0.1) is 0 Å². The highest BCUT2D eigenvalue weighted by molar-refractivity contribution is 9.10. The molecule has 0 aromatic carbocycles. The van der Waals surface area contributed by atoms with Gasteiger partial charge in [0.1, 0.15) is 0 Å². The molecule has 3 nitrogen and oxygen atoms in total. The number of ether oxygens (including phenoxy) is 1. The van der Waals surface area contributed by atoms with E-state index in [0.29, 0.717) is 11.9 Å². The number of rotatable bonds is 2. The van der Waals surface area contributed by atoms with Crippen LogP contribution in [0.4, 0.5) is 0 Å². The topological polar surface area (TPSA) is 27.1 Å². The molecule has 0 radical (unpaired) electrons. The third-order valence-electron chi connectivity index (χ3n) is 1.43. The molecule has 4 heteroatoms. The van der Waals surface area contributed by atoms with E-state index in [2.05, 4.69) is 34.8 Å². The molecule has 0 bridgehead atoms. The van der Waals surface area contributed by atoms with Crippen molar-refractivity contribution in [3.05, 3.63) is 10.9 Å². The number of hydrogen-bond acceptors (Lipinski definition) is 2. The Labute approximate surface area is 74.5 Å². The van der Waals surface area contributed by atoms with Crippen LogP contribution in [0.2, 0.25) is 0 Å². The molecule has 1 aromatic heterocycles. The zero-order chi connectivity index (χ0) is 8.43. The third-order valence-corrected chi connectivity index (χ3v) is 2.02. The van der Waals surface area contributed by atoms with Crippen LogP contribution in [0.1, 0.15) is 19.9 Å². The molecular formula is C7H11BrN2O. The monoisotopic (exact) mass is 218 g/mol. The van der Waals surface area contributed by atoms with Crippen molar-refractivity contribution in [3.8, 4) is 5.88 Å². The third kappa shape index (κ3) is 1.74. The lowest BCUT2D eigenvalue weighted by Crippen LogP contribution is -1.98. The Morgan fingerprint density at radius 1 is 1.64 bits per heavy atom. The predicted molar refractivity (Wildman–Crippen MR) is 46.9 cm³/mol. The second kappa shape index (κ2) is 3.26. The van der Waals surface area contributed by atoms with Gasteiger partial charge in [0.25, 0.3) is 0 Å². The van der Waals surface area contributed by atoms with Crippen LogP contribution in [0.25, 0.3) is 0 Å². The maximum absolute atomic E-state index is 4.96. The van der Waals surface area contributed by atoms with E-state index in [1.807, 2.05) is 10.8 Å². The van der Waals surface area contributed by atoms with Gasteiger partial charge in [-0.15, -0.1) is 0 Å². The lowest BCUT2D eigenvalue weighted by Gasteiger charge is -2.05. The largest absolute Gasteiger partial charge is 0.480 e. The van der Waals surface area contributed by atoms with E-state index in [1.165, 1.54) is 0 Å². The van der Waals surface area contributed by atoms with E-state index in [-0.39, 0.29) is 0 Å². The normalized spacial score (nSPS) is 10.6. The average Bonchev–Trinajstić information content (AvgIpc) is 2.30. The quantitative estimate of drug-likeness (QED) is 0.762. The summed E-state index contributed by atoms with van der Waals surface area (Å²) in [6.07, 6.45) is 1.87. The number of nitrogens with zero attached hydrogens (tertiary/aromatic N) is 2. The van der Waals surface area contributed by atoms with E-state index in [1.54, 1.807) is 7.11 Å². The Kier molecular flexibility index (Phi) is 2.54. The molecule has 11 heavy (non-hydrogen) atoms. The van der Waals surface area contributed by atoms with Crippen molar-refractivity contribution in [2.45, 2.75) is 19.9 Å². The maximum atomic E-state index is 4.96.